The second kappa shape index (κ2) is 2.74. The Labute approximate surface area is 73.1 Å². The first-order valence-corrected chi connectivity index (χ1v) is 4.45. The van der Waals surface area contributed by atoms with E-state index in [1.165, 1.54) is 22.5 Å². The zero-order valence-corrected chi connectivity index (χ0v) is 7.59. The van der Waals surface area contributed by atoms with Gasteiger partial charge in [0.2, 0.25) is 0 Å². The first kappa shape index (κ1) is 7.53. The van der Waals surface area contributed by atoms with E-state index >= 15 is 0 Å². The number of benzene rings is 1. The Balaban J connectivity index is 2.42. The summed E-state index contributed by atoms with van der Waals surface area (Å²) >= 11 is 0. The standard InChI is InChI=1S/C11H13N/c1-3-10-7-9-5-4-8(2)6-11(9)12-10/h4-6H,3,7H2,1-2H3. The fourth-order valence-electron chi connectivity index (χ4n) is 1.56. The Morgan fingerprint density at radius 3 is 3.00 bits per heavy atom. The van der Waals surface area contributed by atoms with Crippen LogP contribution >= 0.6 is 0 Å². The van der Waals surface area contributed by atoms with E-state index in [9.17, 15) is 0 Å². The molecule has 62 valence electrons. The number of hydrogen-bond acceptors (Lipinski definition) is 1. The first-order valence-electron chi connectivity index (χ1n) is 4.45. The molecule has 1 nitrogen and oxygen atoms in total. The van der Waals surface area contributed by atoms with Gasteiger partial charge in [-0.05, 0) is 30.5 Å². The van der Waals surface area contributed by atoms with E-state index in [1.54, 1.807) is 0 Å². The molecule has 0 atom stereocenters. The smallest absolute Gasteiger partial charge is 0.0667 e. The van der Waals surface area contributed by atoms with Crippen LogP contribution in [0.5, 0.6) is 0 Å². The highest BCUT2D eigenvalue weighted by atomic mass is 14.8. The topological polar surface area (TPSA) is 12.4 Å². The number of rotatable bonds is 1. The molecule has 0 amide bonds. The van der Waals surface area contributed by atoms with Crippen molar-refractivity contribution in [2.75, 3.05) is 0 Å². The van der Waals surface area contributed by atoms with Crippen LogP contribution in [0.2, 0.25) is 0 Å². The maximum Gasteiger partial charge on any atom is 0.0667 e. The molecule has 1 heteroatoms. The van der Waals surface area contributed by atoms with Crippen molar-refractivity contribution in [2.45, 2.75) is 26.7 Å². The average Bonchev–Trinajstić information content (AvgIpc) is 2.46. The second-order valence-corrected chi connectivity index (χ2v) is 3.34. The van der Waals surface area contributed by atoms with Crippen LogP contribution in [0, 0.1) is 6.92 Å². The molecule has 0 spiro atoms. The van der Waals surface area contributed by atoms with Gasteiger partial charge in [0.15, 0.2) is 0 Å². The number of nitrogens with zero attached hydrogens (tertiary/aromatic N) is 1. The van der Waals surface area contributed by atoms with Crippen molar-refractivity contribution in [1.82, 2.24) is 0 Å². The molecule has 0 aromatic heterocycles. The molecular weight excluding hydrogens is 146 g/mol. The van der Waals surface area contributed by atoms with Crippen molar-refractivity contribution in [3.8, 4) is 0 Å². The largest absolute Gasteiger partial charge is 0.257 e. The van der Waals surface area contributed by atoms with Crippen LogP contribution in [0.4, 0.5) is 5.69 Å². The monoisotopic (exact) mass is 159 g/mol. The predicted octanol–water partition coefficient (Wildman–Crippen LogP) is 3.03. The summed E-state index contributed by atoms with van der Waals surface area (Å²) in [7, 11) is 0. The molecule has 0 saturated carbocycles. The fraction of sp³-hybridized carbons (Fsp3) is 0.364. The summed E-state index contributed by atoms with van der Waals surface area (Å²) in [5.74, 6) is 0. The summed E-state index contributed by atoms with van der Waals surface area (Å²) in [6, 6.07) is 6.52. The van der Waals surface area contributed by atoms with Crippen LogP contribution in [-0.4, -0.2) is 5.71 Å². The van der Waals surface area contributed by atoms with Crippen molar-refractivity contribution in [1.29, 1.82) is 0 Å². The van der Waals surface area contributed by atoms with Crippen molar-refractivity contribution in [3.63, 3.8) is 0 Å². The molecule has 12 heavy (non-hydrogen) atoms. The second-order valence-electron chi connectivity index (χ2n) is 3.34. The van der Waals surface area contributed by atoms with E-state index in [0.29, 0.717) is 0 Å². The summed E-state index contributed by atoms with van der Waals surface area (Å²) in [6.07, 6.45) is 2.14. The molecule has 2 rings (SSSR count). The quantitative estimate of drug-likeness (QED) is 0.597. The van der Waals surface area contributed by atoms with Gasteiger partial charge in [-0.15, -0.1) is 0 Å². The zero-order valence-electron chi connectivity index (χ0n) is 7.59. The number of fused-ring (bicyclic) bond motifs is 1. The van der Waals surface area contributed by atoms with Crippen LogP contribution < -0.4 is 0 Å². The molecule has 0 fully saturated rings. The minimum Gasteiger partial charge on any atom is -0.257 e. The molecule has 1 aromatic rings. The molecule has 1 aliphatic rings. The third kappa shape index (κ3) is 1.15. The number of hydrogen-bond donors (Lipinski definition) is 0. The Morgan fingerprint density at radius 2 is 2.25 bits per heavy atom. The van der Waals surface area contributed by atoms with Gasteiger partial charge in [-0.3, -0.25) is 4.99 Å². The summed E-state index contributed by atoms with van der Waals surface area (Å²) in [6.45, 7) is 4.28. The van der Waals surface area contributed by atoms with Gasteiger partial charge in [0.1, 0.15) is 0 Å². The Kier molecular flexibility index (Phi) is 1.72. The third-order valence-corrected chi connectivity index (χ3v) is 2.32. The van der Waals surface area contributed by atoms with E-state index in [0.717, 1.165) is 12.8 Å². The van der Waals surface area contributed by atoms with Crippen LogP contribution in [0.3, 0.4) is 0 Å². The predicted molar refractivity (Wildman–Crippen MR) is 52.3 cm³/mol. The van der Waals surface area contributed by atoms with Gasteiger partial charge in [0.05, 0.1) is 5.69 Å². The SMILES string of the molecule is CCC1=Nc2cc(C)ccc2C1. The minimum atomic E-state index is 1.06. The highest BCUT2D eigenvalue weighted by Gasteiger charge is 2.11. The van der Waals surface area contributed by atoms with Crippen LogP contribution in [-0.2, 0) is 6.42 Å². The van der Waals surface area contributed by atoms with Gasteiger partial charge in [0, 0.05) is 12.1 Å². The summed E-state index contributed by atoms with van der Waals surface area (Å²) in [5.41, 5.74) is 5.19. The summed E-state index contributed by atoms with van der Waals surface area (Å²) in [4.78, 5) is 4.55. The third-order valence-electron chi connectivity index (χ3n) is 2.32. The lowest BCUT2D eigenvalue weighted by Crippen LogP contribution is -1.93. The fourth-order valence-corrected chi connectivity index (χ4v) is 1.56. The molecule has 0 unspecified atom stereocenters. The minimum absolute atomic E-state index is 1.06. The van der Waals surface area contributed by atoms with Gasteiger partial charge in [-0.1, -0.05) is 19.1 Å². The van der Waals surface area contributed by atoms with Gasteiger partial charge < -0.3 is 0 Å². The summed E-state index contributed by atoms with van der Waals surface area (Å²) < 4.78 is 0. The lowest BCUT2D eigenvalue weighted by Gasteiger charge is -1.96. The molecule has 1 heterocycles. The highest BCUT2D eigenvalue weighted by molar-refractivity contribution is 5.93. The maximum absolute atomic E-state index is 4.55. The molecular formula is C11H13N. The Bertz CT molecular complexity index is 337. The Morgan fingerprint density at radius 1 is 1.42 bits per heavy atom. The first-order chi connectivity index (χ1) is 5.79. The molecule has 0 N–H and O–H groups in total. The zero-order chi connectivity index (χ0) is 8.55. The van der Waals surface area contributed by atoms with Crippen LogP contribution in [0.1, 0.15) is 24.5 Å². The van der Waals surface area contributed by atoms with Crippen LogP contribution in [0.25, 0.3) is 0 Å². The molecule has 0 aliphatic carbocycles. The summed E-state index contributed by atoms with van der Waals surface area (Å²) in [5, 5.41) is 0. The van der Waals surface area contributed by atoms with Gasteiger partial charge in [-0.2, -0.15) is 0 Å². The Hall–Kier alpha value is -1.11. The molecule has 0 bridgehead atoms. The molecule has 1 aromatic carbocycles. The van der Waals surface area contributed by atoms with Crippen molar-refractivity contribution in [3.05, 3.63) is 29.3 Å². The van der Waals surface area contributed by atoms with Gasteiger partial charge >= 0.3 is 0 Å². The van der Waals surface area contributed by atoms with E-state index in [2.05, 4.69) is 37.0 Å². The number of aliphatic imine (C=N–C) groups is 1. The number of aryl methyl sites for hydroxylation is 1. The highest BCUT2D eigenvalue weighted by Crippen LogP contribution is 2.28. The molecule has 1 aliphatic heterocycles. The average molecular weight is 159 g/mol. The lowest BCUT2D eigenvalue weighted by atomic mass is 10.1. The van der Waals surface area contributed by atoms with Crippen molar-refractivity contribution >= 4 is 11.4 Å². The van der Waals surface area contributed by atoms with Gasteiger partial charge in [0.25, 0.3) is 0 Å². The van der Waals surface area contributed by atoms with E-state index in [-0.39, 0.29) is 0 Å². The van der Waals surface area contributed by atoms with E-state index < -0.39 is 0 Å². The van der Waals surface area contributed by atoms with Crippen LogP contribution in [0.15, 0.2) is 23.2 Å². The molecule has 0 radical (unpaired) electrons. The normalized spacial score (nSPS) is 14.3. The van der Waals surface area contributed by atoms with E-state index in [1.807, 2.05) is 0 Å². The molecule has 0 saturated heterocycles. The maximum atomic E-state index is 4.55. The van der Waals surface area contributed by atoms with E-state index in [4.69, 9.17) is 0 Å². The van der Waals surface area contributed by atoms with Gasteiger partial charge in [-0.25, -0.2) is 0 Å². The van der Waals surface area contributed by atoms with Crippen molar-refractivity contribution < 1.29 is 0 Å². The van der Waals surface area contributed by atoms with Crippen molar-refractivity contribution in [2.24, 2.45) is 4.99 Å². The lowest BCUT2D eigenvalue weighted by molar-refractivity contribution is 1.22.